The summed E-state index contributed by atoms with van der Waals surface area (Å²) in [5.41, 5.74) is 0.941. The minimum Gasteiger partial charge on any atom is -0.347 e. The monoisotopic (exact) mass is 1080 g/mol. The van der Waals surface area contributed by atoms with Gasteiger partial charge in [0.25, 0.3) is 11.8 Å². The molecule has 0 bridgehead atoms. The van der Waals surface area contributed by atoms with E-state index in [-0.39, 0.29) is 37.1 Å². The second-order valence-electron chi connectivity index (χ2n) is 23.6. The lowest BCUT2D eigenvalue weighted by Crippen LogP contribution is -2.59. The Morgan fingerprint density at radius 3 is 1.28 bits per heavy atom. The van der Waals surface area contributed by atoms with Crippen molar-refractivity contribution in [3.8, 4) is 0 Å². The molecule has 8 amide bonds. The van der Waals surface area contributed by atoms with Crippen LogP contribution in [0.1, 0.15) is 149 Å². The number of hydrogen-bond acceptors (Lipinski definition) is 10. The fraction of sp³-hybridized carbons (Fsp3) is 0.552. The molecular weight excluding hydrogens is 1000 g/mol. The van der Waals surface area contributed by atoms with Gasteiger partial charge in [0.15, 0.2) is 0 Å². The van der Waals surface area contributed by atoms with E-state index in [0.717, 1.165) is 11.1 Å². The predicted octanol–water partition coefficient (Wildman–Crippen LogP) is 4.03. The van der Waals surface area contributed by atoms with Crippen LogP contribution < -0.4 is 42.5 Å². The van der Waals surface area contributed by atoms with Gasteiger partial charge in [-0.15, -0.1) is 0 Å². The first-order valence-electron chi connectivity index (χ1n) is 27.2. The first-order valence-corrected chi connectivity index (χ1v) is 27.2. The lowest BCUT2D eigenvalue weighted by atomic mass is 9.85. The Labute approximate surface area is 456 Å². The van der Waals surface area contributed by atoms with E-state index >= 15 is 8.78 Å². The normalized spacial score (nSPS) is 22.6. The predicted molar refractivity (Wildman–Crippen MR) is 289 cm³/mol. The topological polar surface area (TPSA) is 239 Å². The summed E-state index contributed by atoms with van der Waals surface area (Å²) in [6, 6.07) is 7.07. The summed E-state index contributed by atoms with van der Waals surface area (Å²) in [4.78, 5) is 116. The molecule has 2 aliphatic carbocycles. The van der Waals surface area contributed by atoms with Gasteiger partial charge in [-0.2, -0.15) is 0 Å². The molecule has 0 saturated carbocycles. The molecule has 2 unspecified atom stereocenters. The van der Waals surface area contributed by atoms with Gasteiger partial charge in [-0.3, -0.25) is 38.4 Å². The number of likely N-dealkylation sites (N-methyl/N-ethyl adjacent to an activating group) is 2. The van der Waals surface area contributed by atoms with Crippen molar-refractivity contribution in [2.24, 2.45) is 10.8 Å². The number of halogens is 2. The summed E-state index contributed by atoms with van der Waals surface area (Å²) in [5.74, 6) is -5.08. The van der Waals surface area contributed by atoms with Crippen LogP contribution in [0.2, 0.25) is 0 Å². The lowest BCUT2D eigenvalue weighted by Gasteiger charge is -2.36. The standard InChI is InChI=1S/C58H78F2N10O8/c1-31(61-9)49(71)67-47(57(3,4)5)55(77)69-29-37(27-43(69)53(75)65-41-24-14-18-33-16-12-22-39(59)45(33)41)63-51(73)35-20-11-21-36(26-35)52(74)64-38-28-44(54(76)66-42-25-15-19-34-17-13-23-40(60)46(34)42)70(30-38)56(78)48(58(6,7)8)68-50(72)32(2)62-10/h11-13,16-17,20-23,26,31-32,37-38,41-44,47-48,61-62H,14-15,18-19,24-25,27-30H2,1-10H3,(H,63,73)(H,64,74)(H,65,75)(H,66,76)(H,67,71)(H,68,72)/t31-,32-,37-,38-,41?,42?,43-,44-,47+,48+/m0/s1. The quantitative estimate of drug-likeness (QED) is 0.103. The molecule has 2 saturated heterocycles. The number of benzene rings is 3. The number of nitrogens with zero attached hydrogens (tertiary/aromatic N) is 2. The number of hydrogen-bond donors (Lipinski definition) is 8. The third-order valence-corrected chi connectivity index (χ3v) is 15.8. The number of fused-ring (bicyclic) bond motifs is 2. The van der Waals surface area contributed by atoms with Crippen LogP contribution in [0.25, 0.3) is 0 Å². The zero-order valence-corrected chi connectivity index (χ0v) is 46.5. The van der Waals surface area contributed by atoms with Crippen molar-refractivity contribution in [2.45, 2.75) is 167 Å². The smallest absolute Gasteiger partial charge is 0.251 e. The van der Waals surface area contributed by atoms with E-state index in [1.807, 2.05) is 12.1 Å². The molecule has 0 radical (unpaired) electrons. The molecule has 7 rings (SSSR count). The first-order chi connectivity index (χ1) is 36.8. The van der Waals surface area contributed by atoms with E-state index in [0.29, 0.717) is 49.7 Å². The SMILES string of the molecule is CN[C@@H](C)C(=O)N[C@H](C(=O)N1C[C@@H](NC(=O)c2cccc(C(=O)N[C@H]3C[C@@H](C(=O)NC4CCCc5cccc(F)c54)N(C(=O)[C@@H](NC(=O)[C@H](C)NC)C(C)(C)C)C3)c2)C[C@H]1C(=O)NC1CCCc2cccc(F)c21)C(C)(C)C. The number of amides is 8. The fourth-order valence-corrected chi connectivity index (χ4v) is 11.1. The Bertz CT molecular complexity index is 2600. The van der Waals surface area contributed by atoms with Crippen LogP contribution in [0.3, 0.4) is 0 Å². The highest BCUT2D eigenvalue weighted by Crippen LogP contribution is 2.35. The van der Waals surface area contributed by atoms with Crippen LogP contribution >= 0.6 is 0 Å². The fourth-order valence-electron chi connectivity index (χ4n) is 11.1. The Balaban J connectivity index is 1.10. The van der Waals surface area contributed by atoms with Gasteiger partial charge < -0.3 is 52.3 Å². The van der Waals surface area contributed by atoms with Gasteiger partial charge in [0, 0.05) is 47.4 Å². The molecule has 0 spiro atoms. The zero-order valence-electron chi connectivity index (χ0n) is 46.5. The van der Waals surface area contributed by atoms with Crippen molar-refractivity contribution in [3.05, 3.63) is 106 Å². The van der Waals surface area contributed by atoms with Crippen LogP contribution in [0.15, 0.2) is 60.7 Å². The van der Waals surface area contributed by atoms with Crippen molar-refractivity contribution < 1.29 is 47.1 Å². The van der Waals surface area contributed by atoms with E-state index < -0.39 is 130 Å². The molecule has 8 N–H and O–H groups in total. The molecule has 422 valence electrons. The molecule has 2 heterocycles. The highest BCUT2D eigenvalue weighted by Gasteiger charge is 2.48. The third kappa shape index (κ3) is 13.4. The number of carbonyl (C=O) groups excluding carboxylic acids is 8. The van der Waals surface area contributed by atoms with E-state index in [4.69, 9.17) is 0 Å². The largest absolute Gasteiger partial charge is 0.347 e. The second kappa shape index (κ2) is 24.5. The van der Waals surface area contributed by atoms with E-state index in [9.17, 15) is 38.4 Å². The third-order valence-electron chi connectivity index (χ3n) is 15.8. The van der Waals surface area contributed by atoms with Gasteiger partial charge in [-0.05, 0) is 132 Å². The summed E-state index contributed by atoms with van der Waals surface area (Å²) < 4.78 is 30.6. The minimum atomic E-state index is -1.11. The maximum atomic E-state index is 15.3. The highest BCUT2D eigenvalue weighted by molar-refractivity contribution is 6.01. The van der Waals surface area contributed by atoms with Crippen molar-refractivity contribution in [3.63, 3.8) is 0 Å². The number of rotatable bonds is 16. The van der Waals surface area contributed by atoms with Crippen molar-refractivity contribution >= 4 is 47.3 Å². The molecule has 3 aromatic rings. The summed E-state index contributed by atoms with van der Waals surface area (Å²) in [6.07, 6.45) is 3.65. The van der Waals surface area contributed by atoms with Gasteiger partial charge in [-0.1, -0.05) is 71.9 Å². The summed E-state index contributed by atoms with van der Waals surface area (Å²) in [6.45, 7) is 13.9. The molecule has 2 fully saturated rings. The average Bonchev–Trinajstić information content (AvgIpc) is 4.11. The van der Waals surface area contributed by atoms with Crippen molar-refractivity contribution in [2.75, 3.05) is 27.2 Å². The highest BCUT2D eigenvalue weighted by atomic mass is 19.1. The lowest BCUT2D eigenvalue weighted by molar-refractivity contribution is -0.144. The van der Waals surface area contributed by atoms with Gasteiger partial charge in [0.05, 0.1) is 24.2 Å². The molecule has 10 atom stereocenters. The summed E-state index contributed by atoms with van der Waals surface area (Å²) in [5, 5.41) is 23.4. The van der Waals surface area contributed by atoms with E-state index in [1.165, 1.54) is 46.2 Å². The molecule has 3 aromatic carbocycles. The molecule has 4 aliphatic rings. The Kier molecular flexibility index (Phi) is 18.5. The minimum absolute atomic E-state index is 0.0137. The maximum absolute atomic E-state index is 15.3. The summed E-state index contributed by atoms with van der Waals surface area (Å²) in [7, 11) is 3.24. The zero-order chi connectivity index (χ0) is 57.0. The van der Waals surface area contributed by atoms with Gasteiger partial charge >= 0.3 is 0 Å². The van der Waals surface area contributed by atoms with E-state index in [2.05, 4.69) is 42.5 Å². The van der Waals surface area contributed by atoms with Gasteiger partial charge in [0.2, 0.25) is 35.4 Å². The summed E-state index contributed by atoms with van der Waals surface area (Å²) >= 11 is 0. The molecule has 2 aliphatic heterocycles. The van der Waals surface area contributed by atoms with E-state index in [1.54, 1.807) is 81.6 Å². The first kappa shape index (κ1) is 58.9. The number of likely N-dealkylation sites (tertiary alicyclic amines) is 2. The molecule has 20 heteroatoms. The Morgan fingerprint density at radius 2 is 0.923 bits per heavy atom. The Morgan fingerprint density at radius 1 is 0.551 bits per heavy atom. The second-order valence-corrected chi connectivity index (χ2v) is 23.6. The van der Waals surface area contributed by atoms with Gasteiger partial charge in [-0.25, -0.2) is 8.78 Å². The molecule has 78 heavy (non-hydrogen) atoms. The number of aryl methyl sites for hydroxylation is 2. The Hall–Kier alpha value is -6.80. The van der Waals surface area contributed by atoms with Gasteiger partial charge in [0.1, 0.15) is 35.8 Å². The van der Waals surface area contributed by atoms with Crippen LogP contribution in [0.4, 0.5) is 8.78 Å². The molecule has 18 nitrogen and oxygen atoms in total. The number of nitrogens with one attached hydrogen (secondary N) is 8. The number of carbonyl (C=O) groups is 8. The molecule has 0 aromatic heterocycles. The molecular formula is C58H78F2N10O8. The maximum Gasteiger partial charge on any atom is 0.251 e. The van der Waals surface area contributed by atoms with Crippen LogP contribution in [0, 0.1) is 22.5 Å². The van der Waals surface area contributed by atoms with Crippen LogP contribution in [0.5, 0.6) is 0 Å². The van der Waals surface area contributed by atoms with Crippen molar-refractivity contribution in [1.82, 2.24) is 52.3 Å². The van der Waals surface area contributed by atoms with Crippen molar-refractivity contribution in [1.29, 1.82) is 0 Å². The van der Waals surface area contributed by atoms with Crippen LogP contribution in [-0.2, 0) is 41.6 Å². The van der Waals surface area contributed by atoms with Crippen LogP contribution in [-0.4, -0.2) is 133 Å². The average molecular weight is 1080 g/mol.